The van der Waals surface area contributed by atoms with Gasteiger partial charge in [-0.1, -0.05) is 6.92 Å². The summed E-state index contributed by atoms with van der Waals surface area (Å²) in [5, 5.41) is 7.75. The molecule has 0 radical (unpaired) electrons. The molecule has 0 bridgehead atoms. The molecule has 22 heavy (non-hydrogen) atoms. The fourth-order valence-electron chi connectivity index (χ4n) is 3.30. The Kier molecular flexibility index (Phi) is 7.36. The SMILES string of the molecule is CCCn1nc(C)c(C(=O)N2CCCC(CNC)C2)c1C.Cl. The van der Waals surface area contributed by atoms with Gasteiger partial charge in [-0.05, 0) is 52.6 Å². The first-order valence-corrected chi connectivity index (χ1v) is 8.06. The first kappa shape index (κ1) is 19.0. The molecule has 1 fully saturated rings. The highest BCUT2D eigenvalue weighted by Crippen LogP contribution is 2.21. The summed E-state index contributed by atoms with van der Waals surface area (Å²) in [5.74, 6) is 0.729. The smallest absolute Gasteiger partial charge is 0.257 e. The van der Waals surface area contributed by atoms with E-state index in [2.05, 4.69) is 17.3 Å². The molecular weight excluding hydrogens is 300 g/mol. The van der Waals surface area contributed by atoms with Crippen LogP contribution in [0.15, 0.2) is 0 Å². The van der Waals surface area contributed by atoms with E-state index in [0.29, 0.717) is 5.92 Å². The predicted octanol–water partition coefficient (Wildman–Crippen LogP) is 2.40. The highest BCUT2D eigenvalue weighted by Gasteiger charge is 2.27. The number of aromatic nitrogens is 2. The van der Waals surface area contributed by atoms with Gasteiger partial charge in [-0.15, -0.1) is 12.4 Å². The average Bonchev–Trinajstić information content (AvgIpc) is 2.74. The van der Waals surface area contributed by atoms with Gasteiger partial charge in [0, 0.05) is 25.3 Å². The lowest BCUT2D eigenvalue weighted by molar-refractivity contribution is 0.0672. The normalized spacial score (nSPS) is 18.2. The van der Waals surface area contributed by atoms with Gasteiger partial charge >= 0.3 is 0 Å². The first-order chi connectivity index (χ1) is 10.1. The van der Waals surface area contributed by atoms with Crippen LogP contribution in [0.1, 0.15) is 47.9 Å². The molecule has 1 unspecified atom stereocenters. The summed E-state index contributed by atoms with van der Waals surface area (Å²) in [7, 11) is 1.98. The molecule has 1 aliphatic heterocycles. The standard InChI is InChI=1S/C16H28N4O.ClH/c1-5-8-20-13(3)15(12(2)18-20)16(21)19-9-6-7-14(11-19)10-17-4;/h14,17H,5-11H2,1-4H3;1H. The molecule has 0 aromatic carbocycles. The number of hydrogen-bond acceptors (Lipinski definition) is 3. The van der Waals surface area contributed by atoms with Crippen molar-refractivity contribution in [2.24, 2.45) is 5.92 Å². The van der Waals surface area contributed by atoms with Crippen molar-refractivity contribution < 1.29 is 4.79 Å². The minimum Gasteiger partial charge on any atom is -0.338 e. The van der Waals surface area contributed by atoms with Gasteiger partial charge in [0.05, 0.1) is 11.3 Å². The number of hydrogen-bond donors (Lipinski definition) is 1. The van der Waals surface area contributed by atoms with Gasteiger partial charge in [0.15, 0.2) is 0 Å². The second-order valence-electron chi connectivity index (χ2n) is 6.09. The van der Waals surface area contributed by atoms with Gasteiger partial charge < -0.3 is 10.2 Å². The largest absolute Gasteiger partial charge is 0.338 e. The molecule has 2 heterocycles. The maximum Gasteiger partial charge on any atom is 0.257 e. The summed E-state index contributed by atoms with van der Waals surface area (Å²) in [6.07, 6.45) is 3.33. The van der Waals surface area contributed by atoms with Gasteiger partial charge in [0.25, 0.3) is 5.91 Å². The first-order valence-electron chi connectivity index (χ1n) is 8.06. The molecule has 1 saturated heterocycles. The summed E-state index contributed by atoms with van der Waals surface area (Å²) in [4.78, 5) is 14.9. The second kappa shape index (κ2) is 8.53. The molecule has 1 aromatic heterocycles. The van der Waals surface area contributed by atoms with Crippen LogP contribution in [-0.4, -0.2) is 47.3 Å². The Labute approximate surface area is 139 Å². The fourth-order valence-corrected chi connectivity index (χ4v) is 3.30. The van der Waals surface area contributed by atoms with E-state index in [9.17, 15) is 4.79 Å². The van der Waals surface area contributed by atoms with Crippen molar-refractivity contribution in [1.29, 1.82) is 0 Å². The summed E-state index contributed by atoms with van der Waals surface area (Å²) in [5.41, 5.74) is 2.69. The third-order valence-corrected chi connectivity index (χ3v) is 4.33. The monoisotopic (exact) mass is 328 g/mol. The second-order valence-corrected chi connectivity index (χ2v) is 6.09. The highest BCUT2D eigenvalue weighted by molar-refractivity contribution is 5.96. The molecule has 1 atom stereocenters. The van der Waals surface area contributed by atoms with Crippen LogP contribution in [0.5, 0.6) is 0 Å². The van der Waals surface area contributed by atoms with Crippen LogP contribution in [-0.2, 0) is 6.54 Å². The van der Waals surface area contributed by atoms with E-state index >= 15 is 0 Å². The number of amides is 1. The Bertz CT molecular complexity index is 499. The van der Waals surface area contributed by atoms with Crippen molar-refractivity contribution in [3.05, 3.63) is 17.0 Å². The van der Waals surface area contributed by atoms with Crippen LogP contribution in [0.25, 0.3) is 0 Å². The Morgan fingerprint density at radius 2 is 2.14 bits per heavy atom. The van der Waals surface area contributed by atoms with E-state index in [1.54, 1.807) is 0 Å². The number of nitrogens with zero attached hydrogens (tertiary/aromatic N) is 3. The quantitative estimate of drug-likeness (QED) is 0.903. The lowest BCUT2D eigenvalue weighted by Crippen LogP contribution is -2.42. The Morgan fingerprint density at radius 3 is 2.77 bits per heavy atom. The molecule has 0 aliphatic carbocycles. The molecule has 1 aliphatic rings. The maximum absolute atomic E-state index is 12.9. The molecular formula is C16H29ClN4O. The van der Waals surface area contributed by atoms with Crippen molar-refractivity contribution >= 4 is 18.3 Å². The summed E-state index contributed by atoms with van der Waals surface area (Å²) in [6, 6.07) is 0. The van der Waals surface area contributed by atoms with E-state index in [-0.39, 0.29) is 18.3 Å². The molecule has 5 nitrogen and oxygen atoms in total. The highest BCUT2D eigenvalue weighted by atomic mass is 35.5. The predicted molar refractivity (Wildman–Crippen MR) is 91.8 cm³/mol. The number of halogens is 1. The van der Waals surface area contributed by atoms with Gasteiger partial charge in [-0.3, -0.25) is 9.48 Å². The van der Waals surface area contributed by atoms with Crippen LogP contribution in [0.2, 0.25) is 0 Å². The van der Waals surface area contributed by atoms with E-state index in [0.717, 1.165) is 56.0 Å². The van der Waals surface area contributed by atoms with Crippen LogP contribution < -0.4 is 5.32 Å². The number of nitrogens with one attached hydrogen (secondary N) is 1. The van der Waals surface area contributed by atoms with Crippen molar-refractivity contribution in [3.8, 4) is 0 Å². The van der Waals surface area contributed by atoms with Crippen LogP contribution in [0, 0.1) is 19.8 Å². The Hall–Kier alpha value is -1.07. The molecule has 0 spiro atoms. The van der Waals surface area contributed by atoms with E-state index in [4.69, 9.17) is 0 Å². The summed E-state index contributed by atoms with van der Waals surface area (Å²) >= 11 is 0. The molecule has 0 saturated carbocycles. The van der Waals surface area contributed by atoms with Crippen LogP contribution >= 0.6 is 12.4 Å². The van der Waals surface area contributed by atoms with Crippen LogP contribution in [0.4, 0.5) is 0 Å². The van der Waals surface area contributed by atoms with Crippen molar-refractivity contribution in [1.82, 2.24) is 20.0 Å². The van der Waals surface area contributed by atoms with Crippen molar-refractivity contribution in [2.45, 2.75) is 46.6 Å². The topological polar surface area (TPSA) is 50.2 Å². The molecule has 126 valence electrons. The maximum atomic E-state index is 12.9. The van der Waals surface area contributed by atoms with Crippen LogP contribution in [0.3, 0.4) is 0 Å². The van der Waals surface area contributed by atoms with E-state index < -0.39 is 0 Å². The molecule has 2 rings (SSSR count). The number of aryl methyl sites for hydroxylation is 2. The molecule has 1 aromatic rings. The Morgan fingerprint density at radius 1 is 1.41 bits per heavy atom. The minimum absolute atomic E-state index is 0. The van der Waals surface area contributed by atoms with E-state index in [1.807, 2.05) is 30.5 Å². The molecule has 6 heteroatoms. The van der Waals surface area contributed by atoms with Gasteiger partial charge in [0.2, 0.25) is 0 Å². The number of carbonyl (C=O) groups excluding carboxylic acids is 1. The summed E-state index contributed by atoms with van der Waals surface area (Å²) in [6.45, 7) is 9.68. The average molecular weight is 329 g/mol. The third-order valence-electron chi connectivity index (χ3n) is 4.33. The van der Waals surface area contributed by atoms with Gasteiger partial charge in [-0.2, -0.15) is 5.10 Å². The van der Waals surface area contributed by atoms with E-state index in [1.165, 1.54) is 6.42 Å². The number of carbonyl (C=O) groups is 1. The lowest BCUT2D eigenvalue weighted by atomic mass is 9.97. The Balaban J connectivity index is 0.00000242. The minimum atomic E-state index is 0. The zero-order chi connectivity index (χ0) is 15.4. The lowest BCUT2D eigenvalue weighted by Gasteiger charge is -2.32. The number of likely N-dealkylation sites (tertiary alicyclic amines) is 1. The van der Waals surface area contributed by atoms with Crippen molar-refractivity contribution in [3.63, 3.8) is 0 Å². The van der Waals surface area contributed by atoms with Gasteiger partial charge in [0.1, 0.15) is 0 Å². The molecule has 1 amide bonds. The zero-order valence-electron chi connectivity index (χ0n) is 14.2. The zero-order valence-corrected chi connectivity index (χ0v) is 15.0. The van der Waals surface area contributed by atoms with Gasteiger partial charge in [-0.25, -0.2) is 0 Å². The number of piperidine rings is 1. The van der Waals surface area contributed by atoms with Crippen molar-refractivity contribution in [2.75, 3.05) is 26.7 Å². The third kappa shape index (κ3) is 4.02. The number of rotatable bonds is 5. The fraction of sp³-hybridized carbons (Fsp3) is 0.750. The molecule has 1 N–H and O–H groups in total. The summed E-state index contributed by atoms with van der Waals surface area (Å²) < 4.78 is 1.97.